The van der Waals surface area contributed by atoms with E-state index < -0.39 is 0 Å². The Morgan fingerprint density at radius 2 is 1.96 bits per heavy atom. The Kier molecular flexibility index (Phi) is 3.04. The highest BCUT2D eigenvalue weighted by atomic mass is 16.2. The maximum Gasteiger partial charge on any atom is 0.266 e. The van der Waals surface area contributed by atoms with Crippen LogP contribution in [0.4, 0.5) is 5.82 Å². The Morgan fingerprint density at radius 1 is 1.16 bits per heavy atom. The highest BCUT2D eigenvalue weighted by Crippen LogP contribution is 2.41. The van der Waals surface area contributed by atoms with Crippen LogP contribution in [-0.2, 0) is 13.5 Å². The highest BCUT2D eigenvalue weighted by Gasteiger charge is 2.48. The van der Waals surface area contributed by atoms with E-state index in [1.807, 2.05) is 37.0 Å². The number of rotatable bonds is 2. The number of amides is 1. The summed E-state index contributed by atoms with van der Waals surface area (Å²) in [5.41, 5.74) is 2.89. The smallest absolute Gasteiger partial charge is 0.266 e. The molecule has 128 valence electrons. The lowest BCUT2D eigenvalue weighted by Gasteiger charge is -2.34. The second-order valence-corrected chi connectivity index (χ2v) is 7.16. The first-order chi connectivity index (χ1) is 12.1. The molecule has 0 radical (unpaired) electrons. The largest absolute Gasteiger partial charge is 0.289 e. The van der Waals surface area contributed by atoms with E-state index in [9.17, 15) is 4.79 Å². The molecule has 1 aliphatic carbocycles. The van der Waals surface area contributed by atoms with E-state index in [1.54, 1.807) is 4.90 Å². The molecule has 2 unspecified atom stereocenters. The number of carbonyl (C=O) groups is 1. The minimum Gasteiger partial charge on any atom is -0.289 e. The highest BCUT2D eigenvalue weighted by molar-refractivity contribution is 6.19. The SMILES string of the molecule is CN1C(=O)c2c(nn(C)c2Cc2ccccc2)N2C1=NC1CCCC12. The summed E-state index contributed by atoms with van der Waals surface area (Å²) in [5.74, 6) is 1.57. The number of benzene rings is 1. The predicted molar refractivity (Wildman–Crippen MR) is 95.9 cm³/mol. The first kappa shape index (κ1) is 14.7. The van der Waals surface area contributed by atoms with Crippen molar-refractivity contribution in [2.75, 3.05) is 11.9 Å². The van der Waals surface area contributed by atoms with Gasteiger partial charge in [0.05, 0.1) is 17.8 Å². The topological polar surface area (TPSA) is 53.7 Å². The average Bonchev–Trinajstić information content (AvgIpc) is 3.27. The number of hydrogen-bond acceptors (Lipinski definition) is 4. The van der Waals surface area contributed by atoms with E-state index >= 15 is 0 Å². The van der Waals surface area contributed by atoms with Crippen molar-refractivity contribution < 1.29 is 4.79 Å². The Balaban J connectivity index is 1.63. The minimum absolute atomic E-state index is 0.00371. The molecule has 1 aromatic carbocycles. The van der Waals surface area contributed by atoms with Crippen LogP contribution in [-0.4, -0.2) is 45.7 Å². The molecule has 0 N–H and O–H groups in total. The quantitative estimate of drug-likeness (QED) is 0.845. The van der Waals surface area contributed by atoms with Crippen molar-refractivity contribution in [2.45, 2.75) is 37.8 Å². The number of aromatic nitrogens is 2. The van der Waals surface area contributed by atoms with Crippen molar-refractivity contribution in [1.29, 1.82) is 0 Å². The summed E-state index contributed by atoms with van der Waals surface area (Å²) in [6.45, 7) is 0. The molecule has 1 aromatic heterocycles. The van der Waals surface area contributed by atoms with E-state index in [-0.39, 0.29) is 5.91 Å². The van der Waals surface area contributed by atoms with Gasteiger partial charge in [0.25, 0.3) is 5.91 Å². The van der Waals surface area contributed by atoms with Crippen molar-refractivity contribution in [3.8, 4) is 0 Å². The monoisotopic (exact) mass is 335 g/mol. The molecule has 5 rings (SSSR count). The van der Waals surface area contributed by atoms with Crippen LogP contribution in [0.2, 0.25) is 0 Å². The van der Waals surface area contributed by atoms with E-state index in [0.29, 0.717) is 18.5 Å². The Bertz CT molecular complexity index is 885. The zero-order chi connectivity index (χ0) is 17.1. The Morgan fingerprint density at radius 3 is 2.76 bits per heavy atom. The zero-order valence-corrected chi connectivity index (χ0v) is 14.5. The van der Waals surface area contributed by atoms with E-state index in [4.69, 9.17) is 10.1 Å². The molecule has 0 bridgehead atoms. The fraction of sp³-hybridized carbons (Fsp3) is 0.421. The number of carbonyl (C=O) groups excluding carboxylic acids is 1. The summed E-state index contributed by atoms with van der Waals surface area (Å²) >= 11 is 0. The zero-order valence-electron chi connectivity index (χ0n) is 14.5. The fourth-order valence-corrected chi connectivity index (χ4v) is 4.41. The van der Waals surface area contributed by atoms with E-state index in [1.165, 1.54) is 12.0 Å². The number of anilines is 1. The lowest BCUT2D eigenvalue weighted by Crippen LogP contribution is -2.51. The maximum atomic E-state index is 13.1. The summed E-state index contributed by atoms with van der Waals surface area (Å²) < 4.78 is 1.87. The number of aliphatic imine (C=N–C) groups is 1. The van der Waals surface area contributed by atoms with Gasteiger partial charge in [-0.25, -0.2) is 4.99 Å². The third-order valence-corrected chi connectivity index (χ3v) is 5.68. The van der Waals surface area contributed by atoms with E-state index in [2.05, 4.69) is 17.0 Å². The van der Waals surface area contributed by atoms with Gasteiger partial charge in [-0.2, -0.15) is 5.10 Å². The predicted octanol–water partition coefficient (Wildman–Crippen LogP) is 2.19. The van der Waals surface area contributed by atoms with Crippen molar-refractivity contribution in [3.05, 3.63) is 47.2 Å². The van der Waals surface area contributed by atoms with Gasteiger partial charge in [-0.05, 0) is 24.8 Å². The molecular formula is C19H21N5O. The molecule has 2 aliphatic heterocycles. The van der Waals surface area contributed by atoms with Gasteiger partial charge in [-0.15, -0.1) is 0 Å². The fourth-order valence-electron chi connectivity index (χ4n) is 4.41. The van der Waals surface area contributed by atoms with Crippen LogP contribution in [0.15, 0.2) is 35.3 Å². The minimum atomic E-state index is 0.00371. The first-order valence-electron chi connectivity index (χ1n) is 8.90. The van der Waals surface area contributed by atoms with Gasteiger partial charge < -0.3 is 0 Å². The van der Waals surface area contributed by atoms with Gasteiger partial charge in [0.15, 0.2) is 5.82 Å². The van der Waals surface area contributed by atoms with Crippen LogP contribution in [0, 0.1) is 0 Å². The lowest BCUT2D eigenvalue weighted by atomic mass is 10.0. The van der Waals surface area contributed by atoms with Gasteiger partial charge >= 0.3 is 0 Å². The molecule has 1 fully saturated rings. The summed E-state index contributed by atoms with van der Waals surface area (Å²) in [5, 5.41) is 4.75. The molecule has 0 saturated heterocycles. The average molecular weight is 335 g/mol. The van der Waals surface area contributed by atoms with Crippen molar-refractivity contribution in [3.63, 3.8) is 0 Å². The number of guanidine groups is 1. The molecule has 3 heterocycles. The van der Waals surface area contributed by atoms with Gasteiger partial charge in [-0.1, -0.05) is 30.3 Å². The van der Waals surface area contributed by atoms with Crippen LogP contribution < -0.4 is 4.90 Å². The first-order valence-corrected chi connectivity index (χ1v) is 8.90. The van der Waals surface area contributed by atoms with Gasteiger partial charge in [-0.3, -0.25) is 19.3 Å². The lowest BCUT2D eigenvalue weighted by molar-refractivity contribution is 0.0864. The molecule has 6 heteroatoms. The molecule has 1 saturated carbocycles. The summed E-state index contributed by atoms with van der Waals surface area (Å²) in [6, 6.07) is 10.9. The number of aryl methyl sites for hydroxylation is 1. The normalized spacial score (nSPS) is 24.2. The van der Waals surface area contributed by atoms with E-state index in [0.717, 1.165) is 35.9 Å². The summed E-state index contributed by atoms with van der Waals surface area (Å²) in [7, 11) is 3.76. The van der Waals surface area contributed by atoms with Crippen LogP contribution in [0.25, 0.3) is 0 Å². The Labute approximate surface area is 146 Å². The van der Waals surface area contributed by atoms with Crippen molar-refractivity contribution >= 4 is 17.7 Å². The third-order valence-electron chi connectivity index (χ3n) is 5.68. The molecule has 3 aliphatic rings. The molecule has 2 atom stereocenters. The van der Waals surface area contributed by atoms with Crippen LogP contribution in [0.5, 0.6) is 0 Å². The molecule has 25 heavy (non-hydrogen) atoms. The van der Waals surface area contributed by atoms with Crippen molar-refractivity contribution in [1.82, 2.24) is 14.7 Å². The molecule has 2 aromatic rings. The molecule has 6 nitrogen and oxygen atoms in total. The number of fused-ring (bicyclic) bond motifs is 5. The van der Waals surface area contributed by atoms with Crippen LogP contribution in [0.1, 0.15) is 40.9 Å². The molecule has 1 amide bonds. The molecule has 0 spiro atoms. The number of nitrogens with zero attached hydrogens (tertiary/aromatic N) is 5. The van der Waals surface area contributed by atoms with Crippen LogP contribution in [0.3, 0.4) is 0 Å². The second kappa shape index (κ2) is 5.18. The Hall–Kier alpha value is -2.63. The summed E-state index contributed by atoms with van der Waals surface area (Å²) in [4.78, 5) is 21.8. The summed E-state index contributed by atoms with van der Waals surface area (Å²) in [6.07, 6.45) is 4.11. The molecular weight excluding hydrogens is 314 g/mol. The standard InChI is InChI=1S/C19H21N5O/c1-22-18(25)16-15(11-12-7-4-3-5-8-12)23(2)21-17(16)24-14-10-6-9-13(14)20-19(22)24/h3-5,7-8,13-14H,6,9-11H2,1-2H3. The third kappa shape index (κ3) is 2.00. The number of hydrogen-bond donors (Lipinski definition) is 0. The maximum absolute atomic E-state index is 13.1. The van der Waals surface area contributed by atoms with Gasteiger partial charge in [0.2, 0.25) is 5.96 Å². The van der Waals surface area contributed by atoms with Gasteiger partial charge in [0, 0.05) is 20.5 Å². The van der Waals surface area contributed by atoms with Crippen LogP contribution >= 0.6 is 0 Å². The second-order valence-electron chi connectivity index (χ2n) is 7.16. The van der Waals surface area contributed by atoms with Gasteiger partial charge in [0.1, 0.15) is 5.56 Å². The van der Waals surface area contributed by atoms with Crippen molar-refractivity contribution in [2.24, 2.45) is 12.0 Å².